The Morgan fingerprint density at radius 2 is 1.94 bits per heavy atom. The Bertz CT molecular complexity index is 1490. The van der Waals surface area contributed by atoms with E-state index in [9.17, 15) is 14.8 Å². The first-order valence-electron chi connectivity index (χ1n) is 11.2. The zero-order valence-corrected chi connectivity index (χ0v) is 19.2. The SMILES string of the molecule is C/C(C#N)=C1/c2ccc(C(O)c3c(C(C)C)nc4ccccn34)cc2COc2cc(F)ccc21. The molecule has 1 unspecified atom stereocenters. The maximum Gasteiger partial charge on any atom is 0.137 e. The lowest BCUT2D eigenvalue weighted by Gasteiger charge is -2.17. The van der Waals surface area contributed by atoms with Gasteiger partial charge in [-0.1, -0.05) is 32.0 Å². The van der Waals surface area contributed by atoms with E-state index >= 15 is 0 Å². The third kappa shape index (κ3) is 3.55. The molecule has 2 aromatic carbocycles. The van der Waals surface area contributed by atoms with Crippen molar-refractivity contribution in [3.05, 3.63) is 106 Å². The number of benzene rings is 2. The maximum atomic E-state index is 13.9. The van der Waals surface area contributed by atoms with E-state index in [0.29, 0.717) is 28.0 Å². The molecular weight excluding hydrogens is 429 g/mol. The molecule has 170 valence electrons. The molecule has 1 atom stereocenters. The van der Waals surface area contributed by atoms with Gasteiger partial charge < -0.3 is 14.2 Å². The van der Waals surface area contributed by atoms with Crippen molar-refractivity contribution in [2.45, 2.75) is 39.4 Å². The molecule has 3 heterocycles. The zero-order valence-electron chi connectivity index (χ0n) is 19.2. The Kier molecular flexibility index (Phi) is 5.43. The van der Waals surface area contributed by atoms with Crippen molar-refractivity contribution in [2.24, 2.45) is 0 Å². The fraction of sp³-hybridized carbons (Fsp3) is 0.214. The topological polar surface area (TPSA) is 70.5 Å². The van der Waals surface area contributed by atoms with Gasteiger partial charge >= 0.3 is 0 Å². The molecule has 6 heteroatoms. The zero-order chi connectivity index (χ0) is 24.0. The van der Waals surface area contributed by atoms with Crippen molar-refractivity contribution in [1.29, 1.82) is 5.26 Å². The highest BCUT2D eigenvalue weighted by molar-refractivity contribution is 5.88. The van der Waals surface area contributed by atoms with Crippen LogP contribution >= 0.6 is 0 Å². The minimum atomic E-state index is -0.910. The second kappa shape index (κ2) is 8.44. The number of halogens is 1. The quantitative estimate of drug-likeness (QED) is 0.391. The first-order chi connectivity index (χ1) is 16.4. The molecule has 1 aliphatic heterocycles. The van der Waals surface area contributed by atoms with Crippen LogP contribution in [-0.4, -0.2) is 14.5 Å². The molecule has 2 aromatic heterocycles. The Hall–Kier alpha value is -3.95. The number of aliphatic hydroxyl groups is 1. The monoisotopic (exact) mass is 453 g/mol. The van der Waals surface area contributed by atoms with Gasteiger partial charge in [-0.05, 0) is 59.9 Å². The minimum Gasteiger partial charge on any atom is -0.488 e. The average molecular weight is 454 g/mol. The largest absolute Gasteiger partial charge is 0.488 e. The van der Waals surface area contributed by atoms with Crippen LogP contribution in [0.4, 0.5) is 4.39 Å². The second-order valence-electron chi connectivity index (χ2n) is 8.83. The third-order valence-corrected chi connectivity index (χ3v) is 6.25. The van der Waals surface area contributed by atoms with Crippen molar-refractivity contribution >= 4 is 11.2 Å². The molecule has 5 nitrogen and oxygen atoms in total. The number of aromatic nitrogens is 2. The summed E-state index contributed by atoms with van der Waals surface area (Å²) in [6, 6.07) is 18.0. The number of imidazole rings is 1. The van der Waals surface area contributed by atoms with E-state index in [1.54, 1.807) is 13.0 Å². The predicted molar refractivity (Wildman–Crippen MR) is 128 cm³/mol. The van der Waals surface area contributed by atoms with Crippen LogP contribution in [0.5, 0.6) is 5.75 Å². The number of aliphatic hydroxyl groups excluding tert-OH is 1. The molecule has 34 heavy (non-hydrogen) atoms. The minimum absolute atomic E-state index is 0.130. The number of nitriles is 1. The molecule has 0 fully saturated rings. The standard InChI is InChI=1S/C28H24FN3O2/c1-16(2)26-27(32-11-5-4-6-24(32)31-26)28(33)18-7-9-21-19(12-18)15-34-23-13-20(29)8-10-22(23)25(21)17(3)14-30/h4-13,16,28,33H,15H2,1-3H3/b25-17+. The van der Waals surface area contributed by atoms with Crippen molar-refractivity contribution in [2.75, 3.05) is 0 Å². The molecule has 1 N–H and O–H groups in total. The number of ether oxygens (including phenoxy) is 1. The number of pyridine rings is 1. The molecule has 0 aliphatic carbocycles. The van der Waals surface area contributed by atoms with Crippen LogP contribution in [0.3, 0.4) is 0 Å². The van der Waals surface area contributed by atoms with Crippen LogP contribution in [0, 0.1) is 17.1 Å². The average Bonchev–Trinajstić information content (AvgIpc) is 3.16. The summed E-state index contributed by atoms with van der Waals surface area (Å²) in [4.78, 5) is 4.74. The number of nitrogens with zero attached hydrogens (tertiary/aromatic N) is 3. The first-order valence-corrected chi connectivity index (χ1v) is 11.2. The number of hydrogen-bond acceptors (Lipinski definition) is 4. The van der Waals surface area contributed by atoms with Gasteiger partial charge in [0.25, 0.3) is 0 Å². The van der Waals surface area contributed by atoms with Crippen LogP contribution in [-0.2, 0) is 6.61 Å². The Balaban J connectivity index is 1.66. The van der Waals surface area contributed by atoms with Gasteiger partial charge in [0.1, 0.15) is 29.9 Å². The Morgan fingerprint density at radius 3 is 2.71 bits per heavy atom. The van der Waals surface area contributed by atoms with Crippen LogP contribution in [0.25, 0.3) is 11.2 Å². The van der Waals surface area contributed by atoms with Crippen molar-refractivity contribution < 1.29 is 14.2 Å². The van der Waals surface area contributed by atoms with E-state index in [0.717, 1.165) is 28.2 Å². The van der Waals surface area contributed by atoms with Gasteiger partial charge in [0.15, 0.2) is 0 Å². The molecule has 1 aliphatic rings. The fourth-order valence-electron chi connectivity index (χ4n) is 4.62. The molecule has 0 spiro atoms. The molecule has 0 saturated heterocycles. The summed E-state index contributed by atoms with van der Waals surface area (Å²) >= 11 is 0. The number of fused-ring (bicyclic) bond motifs is 3. The summed E-state index contributed by atoms with van der Waals surface area (Å²) in [6.07, 6.45) is 0.995. The number of rotatable bonds is 3. The van der Waals surface area contributed by atoms with Gasteiger partial charge in [-0.2, -0.15) is 5.26 Å². The number of allylic oxidation sites excluding steroid dienone is 1. The Labute approximate surface area is 197 Å². The highest BCUT2D eigenvalue weighted by atomic mass is 19.1. The highest BCUT2D eigenvalue weighted by Crippen LogP contribution is 2.40. The second-order valence-corrected chi connectivity index (χ2v) is 8.83. The van der Waals surface area contributed by atoms with Crippen LogP contribution in [0.15, 0.2) is 66.4 Å². The highest BCUT2D eigenvalue weighted by Gasteiger charge is 2.26. The lowest BCUT2D eigenvalue weighted by atomic mass is 9.89. The van der Waals surface area contributed by atoms with E-state index < -0.39 is 11.9 Å². The fourth-order valence-corrected chi connectivity index (χ4v) is 4.62. The van der Waals surface area contributed by atoms with Crippen LogP contribution in [0.1, 0.15) is 66.4 Å². The van der Waals surface area contributed by atoms with Crippen molar-refractivity contribution in [3.8, 4) is 11.8 Å². The van der Waals surface area contributed by atoms with Crippen molar-refractivity contribution in [1.82, 2.24) is 9.38 Å². The van der Waals surface area contributed by atoms with Gasteiger partial charge in [-0.15, -0.1) is 0 Å². The smallest absolute Gasteiger partial charge is 0.137 e. The lowest BCUT2D eigenvalue weighted by Crippen LogP contribution is -2.09. The Morgan fingerprint density at radius 1 is 1.15 bits per heavy atom. The first kappa shape index (κ1) is 21.9. The maximum absolute atomic E-state index is 13.9. The summed E-state index contributed by atoms with van der Waals surface area (Å²) < 4.78 is 21.8. The summed E-state index contributed by atoms with van der Waals surface area (Å²) in [5.74, 6) is 0.126. The van der Waals surface area contributed by atoms with Gasteiger partial charge in [-0.25, -0.2) is 9.37 Å². The normalized spacial score (nSPS) is 15.2. The lowest BCUT2D eigenvalue weighted by molar-refractivity contribution is 0.212. The molecule has 0 bridgehead atoms. The summed E-state index contributed by atoms with van der Waals surface area (Å²) in [5.41, 5.74) is 6.60. The molecule has 0 saturated carbocycles. The molecular formula is C28H24FN3O2. The van der Waals surface area contributed by atoms with E-state index in [1.165, 1.54) is 12.1 Å². The van der Waals surface area contributed by atoms with Gasteiger partial charge in [0.05, 0.1) is 17.5 Å². The summed E-state index contributed by atoms with van der Waals surface area (Å²) in [7, 11) is 0. The van der Waals surface area contributed by atoms with E-state index in [4.69, 9.17) is 9.72 Å². The van der Waals surface area contributed by atoms with E-state index in [2.05, 4.69) is 19.9 Å². The summed E-state index contributed by atoms with van der Waals surface area (Å²) in [5, 5.41) is 21.2. The molecule has 0 radical (unpaired) electrons. The molecule has 0 amide bonds. The molecule has 5 rings (SSSR count). The van der Waals surface area contributed by atoms with Crippen LogP contribution < -0.4 is 4.74 Å². The van der Waals surface area contributed by atoms with Gasteiger partial charge in [0.2, 0.25) is 0 Å². The predicted octanol–water partition coefficient (Wildman–Crippen LogP) is 5.92. The van der Waals surface area contributed by atoms with E-state index in [-0.39, 0.29) is 12.5 Å². The number of hydrogen-bond donors (Lipinski definition) is 1. The summed E-state index contributed by atoms with van der Waals surface area (Å²) in [6.45, 7) is 6.05. The van der Waals surface area contributed by atoms with E-state index in [1.807, 2.05) is 47.0 Å². The third-order valence-electron chi connectivity index (χ3n) is 6.25. The molecule has 4 aromatic rings. The van der Waals surface area contributed by atoms with Crippen LogP contribution in [0.2, 0.25) is 0 Å². The van der Waals surface area contributed by atoms with Gasteiger partial charge in [-0.3, -0.25) is 0 Å². The van der Waals surface area contributed by atoms with Crippen molar-refractivity contribution in [3.63, 3.8) is 0 Å². The van der Waals surface area contributed by atoms with Gasteiger partial charge in [0, 0.05) is 29.0 Å².